The number of aryl methyl sites for hydroxylation is 1. The van der Waals surface area contributed by atoms with E-state index in [-0.39, 0.29) is 12.5 Å². The highest BCUT2D eigenvalue weighted by molar-refractivity contribution is 5.76. The van der Waals surface area contributed by atoms with Crippen molar-refractivity contribution in [3.63, 3.8) is 0 Å². The van der Waals surface area contributed by atoms with Gasteiger partial charge in [-0.05, 0) is 19.8 Å². The molecule has 0 bridgehead atoms. The van der Waals surface area contributed by atoms with Crippen LogP contribution in [0.3, 0.4) is 0 Å². The van der Waals surface area contributed by atoms with Crippen LogP contribution >= 0.6 is 0 Å². The normalized spacial score (nSPS) is 12.6. The van der Waals surface area contributed by atoms with Gasteiger partial charge in [0.05, 0.1) is 23.9 Å². The highest BCUT2D eigenvalue weighted by Crippen LogP contribution is 2.19. The molecule has 108 valence electrons. The van der Waals surface area contributed by atoms with Gasteiger partial charge in [-0.25, -0.2) is 4.68 Å². The summed E-state index contributed by atoms with van der Waals surface area (Å²) in [6.07, 6.45) is 1.78. The van der Waals surface area contributed by atoms with Gasteiger partial charge in [0.1, 0.15) is 0 Å². The Labute approximate surface area is 113 Å². The third-order valence-corrected chi connectivity index (χ3v) is 2.90. The number of hydrogen-bond donors (Lipinski definition) is 1. The molecule has 1 aromatic rings. The van der Waals surface area contributed by atoms with Gasteiger partial charge in [-0.2, -0.15) is 0 Å². The van der Waals surface area contributed by atoms with Gasteiger partial charge >= 0.3 is 0 Å². The van der Waals surface area contributed by atoms with Crippen molar-refractivity contribution in [3.05, 3.63) is 11.4 Å². The minimum absolute atomic E-state index is 0.0844. The second-order valence-corrected chi connectivity index (χ2v) is 4.37. The van der Waals surface area contributed by atoms with Crippen LogP contribution in [0, 0.1) is 0 Å². The van der Waals surface area contributed by atoms with Crippen LogP contribution in [0.2, 0.25) is 0 Å². The largest absolute Gasteiger partial charge is 0.385 e. The van der Waals surface area contributed by atoms with E-state index in [9.17, 15) is 4.79 Å². The summed E-state index contributed by atoms with van der Waals surface area (Å²) in [7, 11) is 3.29. The van der Waals surface area contributed by atoms with Crippen LogP contribution in [-0.4, -0.2) is 41.7 Å². The quantitative estimate of drug-likeness (QED) is 0.657. The predicted molar refractivity (Wildman–Crippen MR) is 69.5 cm³/mol. The average Bonchev–Trinajstić information content (AvgIpc) is 2.76. The Bertz CT molecular complexity index is 406. The van der Waals surface area contributed by atoms with E-state index in [4.69, 9.17) is 15.2 Å². The number of nitrogens with two attached hydrogens (primary N) is 1. The van der Waals surface area contributed by atoms with Crippen LogP contribution in [-0.2, 0) is 27.2 Å². The van der Waals surface area contributed by atoms with Gasteiger partial charge in [-0.15, -0.1) is 5.10 Å². The molecule has 0 saturated carbocycles. The molecule has 19 heavy (non-hydrogen) atoms. The van der Waals surface area contributed by atoms with E-state index >= 15 is 0 Å². The molecule has 7 nitrogen and oxygen atoms in total. The zero-order chi connectivity index (χ0) is 14.3. The molecule has 0 fully saturated rings. The van der Waals surface area contributed by atoms with E-state index < -0.39 is 5.91 Å². The molecule has 0 radical (unpaired) electrons. The van der Waals surface area contributed by atoms with E-state index in [1.54, 1.807) is 18.9 Å². The van der Waals surface area contributed by atoms with Crippen LogP contribution in [0.25, 0.3) is 0 Å². The topological polar surface area (TPSA) is 92.3 Å². The lowest BCUT2D eigenvalue weighted by molar-refractivity contribution is -0.117. The molecule has 7 heteroatoms. The molecule has 0 aliphatic rings. The van der Waals surface area contributed by atoms with Crippen molar-refractivity contribution < 1.29 is 14.3 Å². The molecule has 1 aromatic heterocycles. The fraction of sp³-hybridized carbons (Fsp3) is 0.750. The van der Waals surface area contributed by atoms with E-state index in [1.807, 2.05) is 6.92 Å². The van der Waals surface area contributed by atoms with Crippen LogP contribution in [0.15, 0.2) is 0 Å². The Hall–Kier alpha value is -1.47. The average molecular weight is 270 g/mol. The minimum atomic E-state index is -0.420. The number of unbranched alkanes of at least 4 members (excludes halogenated alkanes) is 1. The number of primary amides is 1. The number of hydrogen-bond acceptors (Lipinski definition) is 5. The summed E-state index contributed by atoms with van der Waals surface area (Å²) in [5, 5.41) is 8.10. The molecular formula is C12H22N4O3. The second kappa shape index (κ2) is 7.85. The zero-order valence-corrected chi connectivity index (χ0v) is 11.8. The number of carbonyl (C=O) groups excluding carboxylic acids is 1. The Morgan fingerprint density at radius 2 is 2.16 bits per heavy atom. The van der Waals surface area contributed by atoms with Crippen molar-refractivity contribution in [3.8, 4) is 0 Å². The summed E-state index contributed by atoms with van der Waals surface area (Å²) in [5.41, 5.74) is 6.62. The molecule has 2 N–H and O–H groups in total. The molecular weight excluding hydrogens is 248 g/mol. The molecule has 1 unspecified atom stereocenters. The second-order valence-electron chi connectivity index (χ2n) is 4.37. The van der Waals surface area contributed by atoms with Crippen LogP contribution < -0.4 is 5.73 Å². The van der Waals surface area contributed by atoms with Gasteiger partial charge in [0, 0.05) is 27.4 Å². The Kier molecular flexibility index (Phi) is 6.44. The predicted octanol–water partition coefficient (Wildman–Crippen LogP) is 0.440. The number of methoxy groups -OCH3 is 2. The molecule has 0 aromatic carbocycles. The fourth-order valence-electron chi connectivity index (χ4n) is 1.88. The summed E-state index contributed by atoms with van der Waals surface area (Å²) >= 11 is 0. The van der Waals surface area contributed by atoms with E-state index in [0.29, 0.717) is 5.69 Å². The highest BCUT2D eigenvalue weighted by Gasteiger charge is 2.19. The molecule has 0 saturated heterocycles. The lowest BCUT2D eigenvalue weighted by Crippen LogP contribution is -2.17. The Morgan fingerprint density at radius 1 is 1.42 bits per heavy atom. The maximum atomic E-state index is 11.0. The van der Waals surface area contributed by atoms with Gasteiger partial charge in [-0.1, -0.05) is 5.21 Å². The monoisotopic (exact) mass is 270 g/mol. The number of aromatic nitrogens is 3. The van der Waals surface area contributed by atoms with Gasteiger partial charge in [0.15, 0.2) is 0 Å². The number of rotatable bonds is 9. The molecule has 0 aliphatic carbocycles. The fourth-order valence-corrected chi connectivity index (χ4v) is 1.88. The van der Waals surface area contributed by atoms with Crippen molar-refractivity contribution in [2.75, 3.05) is 20.8 Å². The SMILES string of the molecule is COCCCCn1nnc(CC(N)=O)c1C(C)OC. The summed E-state index contributed by atoms with van der Waals surface area (Å²) in [5.74, 6) is -0.420. The van der Waals surface area contributed by atoms with E-state index in [1.165, 1.54) is 0 Å². The van der Waals surface area contributed by atoms with Gasteiger partial charge in [0.2, 0.25) is 5.91 Å². The van der Waals surface area contributed by atoms with E-state index in [0.717, 1.165) is 31.7 Å². The van der Waals surface area contributed by atoms with Crippen molar-refractivity contribution in [1.29, 1.82) is 0 Å². The maximum absolute atomic E-state index is 11.0. The van der Waals surface area contributed by atoms with Gasteiger partial charge in [-0.3, -0.25) is 4.79 Å². The van der Waals surface area contributed by atoms with Crippen LogP contribution in [0.4, 0.5) is 0 Å². The van der Waals surface area contributed by atoms with Crippen molar-refractivity contribution in [1.82, 2.24) is 15.0 Å². The number of carbonyl (C=O) groups is 1. The highest BCUT2D eigenvalue weighted by atomic mass is 16.5. The molecule has 1 heterocycles. The number of nitrogens with zero attached hydrogens (tertiary/aromatic N) is 3. The van der Waals surface area contributed by atoms with Gasteiger partial charge in [0.25, 0.3) is 0 Å². The Morgan fingerprint density at radius 3 is 2.74 bits per heavy atom. The number of ether oxygens (including phenoxy) is 2. The van der Waals surface area contributed by atoms with Gasteiger partial charge < -0.3 is 15.2 Å². The molecule has 0 aliphatic heterocycles. The third-order valence-electron chi connectivity index (χ3n) is 2.90. The third kappa shape index (κ3) is 4.60. The molecule has 1 amide bonds. The van der Waals surface area contributed by atoms with Crippen molar-refractivity contribution >= 4 is 5.91 Å². The smallest absolute Gasteiger partial charge is 0.223 e. The first-order chi connectivity index (χ1) is 9.10. The lowest BCUT2D eigenvalue weighted by Gasteiger charge is -2.13. The van der Waals surface area contributed by atoms with E-state index in [2.05, 4.69) is 10.3 Å². The summed E-state index contributed by atoms with van der Waals surface area (Å²) in [6.45, 7) is 3.34. The molecule has 0 spiro atoms. The van der Waals surface area contributed by atoms with Crippen molar-refractivity contribution in [2.45, 2.75) is 38.8 Å². The number of amides is 1. The molecule has 1 rings (SSSR count). The van der Waals surface area contributed by atoms with Crippen LogP contribution in [0.1, 0.15) is 37.3 Å². The zero-order valence-electron chi connectivity index (χ0n) is 11.8. The van der Waals surface area contributed by atoms with Crippen molar-refractivity contribution in [2.24, 2.45) is 5.73 Å². The standard InChI is InChI=1S/C12H22N4O3/c1-9(19-3)12-10(8-11(13)17)14-15-16(12)6-4-5-7-18-2/h9H,4-8H2,1-3H3,(H2,13,17). The summed E-state index contributed by atoms with van der Waals surface area (Å²) in [4.78, 5) is 11.0. The first-order valence-electron chi connectivity index (χ1n) is 6.32. The minimum Gasteiger partial charge on any atom is -0.385 e. The summed E-state index contributed by atoms with van der Waals surface area (Å²) < 4.78 is 12.1. The summed E-state index contributed by atoms with van der Waals surface area (Å²) in [6, 6.07) is 0. The first kappa shape index (κ1) is 15.6. The maximum Gasteiger partial charge on any atom is 0.223 e. The van der Waals surface area contributed by atoms with Crippen LogP contribution in [0.5, 0.6) is 0 Å². The Balaban J connectivity index is 2.78. The first-order valence-corrected chi connectivity index (χ1v) is 6.32. The molecule has 1 atom stereocenters. The lowest BCUT2D eigenvalue weighted by atomic mass is 10.1.